The van der Waals surface area contributed by atoms with Crippen LogP contribution >= 0.6 is 15.9 Å². The normalized spacial score (nSPS) is 25.3. The van der Waals surface area contributed by atoms with Gasteiger partial charge in [0.25, 0.3) is 5.56 Å². The average molecular weight is 351 g/mol. The number of anilines is 1. The summed E-state index contributed by atoms with van der Waals surface area (Å²) in [5.74, 6) is 2.43. The van der Waals surface area contributed by atoms with Crippen molar-refractivity contribution in [2.75, 3.05) is 18.4 Å². The lowest BCUT2D eigenvalue weighted by Gasteiger charge is -2.33. The van der Waals surface area contributed by atoms with E-state index in [1.807, 2.05) is 0 Å². The molecule has 0 radical (unpaired) electrons. The molecule has 0 amide bonds. The minimum absolute atomic E-state index is 0.184. The van der Waals surface area contributed by atoms with Crippen molar-refractivity contribution in [3.8, 4) is 12.3 Å². The van der Waals surface area contributed by atoms with Crippen LogP contribution in [0.1, 0.15) is 25.7 Å². The molecule has 2 aliphatic heterocycles. The summed E-state index contributed by atoms with van der Waals surface area (Å²) in [6, 6.07) is 0.977. The minimum atomic E-state index is -0.184. The number of terminal acetylenes is 1. The maximum Gasteiger partial charge on any atom is 0.284 e. The lowest BCUT2D eigenvalue weighted by Crippen LogP contribution is -2.42. The van der Waals surface area contributed by atoms with Crippen molar-refractivity contribution in [3.63, 3.8) is 0 Å². The molecule has 2 aliphatic rings. The summed E-state index contributed by atoms with van der Waals surface area (Å²) in [7, 11) is 0. The van der Waals surface area contributed by atoms with Crippen LogP contribution in [0.2, 0.25) is 0 Å². The van der Waals surface area contributed by atoms with Gasteiger partial charge in [-0.25, -0.2) is 4.68 Å². The maximum atomic E-state index is 12.1. The second kappa shape index (κ2) is 6.20. The molecule has 2 unspecified atom stereocenters. The van der Waals surface area contributed by atoms with Gasteiger partial charge in [0.15, 0.2) is 0 Å². The summed E-state index contributed by atoms with van der Waals surface area (Å²) in [6.07, 6.45) is 11.9. The summed E-state index contributed by atoms with van der Waals surface area (Å²) in [6.45, 7) is 2.53. The highest BCUT2D eigenvalue weighted by Crippen LogP contribution is 2.30. The fourth-order valence-electron chi connectivity index (χ4n) is 3.38. The van der Waals surface area contributed by atoms with Gasteiger partial charge < -0.3 is 5.32 Å². The van der Waals surface area contributed by atoms with E-state index in [1.165, 1.54) is 30.5 Å². The predicted molar refractivity (Wildman–Crippen MR) is 86.3 cm³/mol. The Kier molecular flexibility index (Phi) is 4.32. The van der Waals surface area contributed by atoms with Crippen LogP contribution in [0, 0.1) is 12.3 Å². The molecule has 1 aromatic heterocycles. The van der Waals surface area contributed by atoms with Crippen LogP contribution in [0.15, 0.2) is 15.5 Å². The quantitative estimate of drug-likeness (QED) is 0.842. The predicted octanol–water partition coefficient (Wildman–Crippen LogP) is 1.68. The Hall–Kier alpha value is -1.32. The molecule has 5 nitrogen and oxygen atoms in total. The lowest BCUT2D eigenvalue weighted by molar-refractivity contribution is 0.192. The standard InChI is InChI=1S/C15H19BrN4O/c1-2-7-20-15(21)14(16)12(10-17-20)18-11-6-9-19-8-4-3-5-13(11)19/h1,10-11,13,18H,3-9H2. The first-order valence-corrected chi connectivity index (χ1v) is 8.19. The molecule has 0 saturated carbocycles. The Morgan fingerprint density at radius 2 is 2.29 bits per heavy atom. The van der Waals surface area contributed by atoms with E-state index in [0.717, 1.165) is 18.7 Å². The van der Waals surface area contributed by atoms with Crippen LogP contribution in [0.4, 0.5) is 5.69 Å². The Morgan fingerprint density at radius 1 is 1.43 bits per heavy atom. The van der Waals surface area contributed by atoms with E-state index in [4.69, 9.17) is 6.42 Å². The summed E-state index contributed by atoms with van der Waals surface area (Å²) >= 11 is 3.38. The molecule has 3 heterocycles. The van der Waals surface area contributed by atoms with Crippen LogP contribution in [-0.2, 0) is 6.54 Å². The van der Waals surface area contributed by atoms with Crippen molar-refractivity contribution in [1.82, 2.24) is 14.7 Å². The van der Waals surface area contributed by atoms with Crippen molar-refractivity contribution in [1.29, 1.82) is 0 Å². The van der Waals surface area contributed by atoms with E-state index in [9.17, 15) is 4.79 Å². The van der Waals surface area contributed by atoms with Gasteiger partial charge in [-0.05, 0) is 41.7 Å². The maximum absolute atomic E-state index is 12.1. The van der Waals surface area contributed by atoms with E-state index < -0.39 is 0 Å². The molecule has 1 N–H and O–H groups in total. The van der Waals surface area contributed by atoms with Crippen molar-refractivity contribution in [2.24, 2.45) is 0 Å². The molecular weight excluding hydrogens is 332 g/mol. The number of halogens is 1. The largest absolute Gasteiger partial charge is 0.378 e. The highest BCUT2D eigenvalue weighted by molar-refractivity contribution is 9.10. The number of rotatable bonds is 3. The van der Waals surface area contributed by atoms with Gasteiger partial charge in [0.2, 0.25) is 0 Å². The molecule has 21 heavy (non-hydrogen) atoms. The zero-order valence-electron chi connectivity index (χ0n) is 11.9. The molecule has 0 spiro atoms. The number of nitrogens with one attached hydrogen (secondary N) is 1. The molecule has 3 rings (SSSR count). The molecular formula is C15H19BrN4O. The second-order valence-corrected chi connectivity index (χ2v) is 6.47. The number of aromatic nitrogens is 2. The molecule has 2 fully saturated rings. The second-order valence-electron chi connectivity index (χ2n) is 5.68. The Bertz CT molecular complexity index is 621. The molecule has 6 heteroatoms. The number of fused-ring (bicyclic) bond motifs is 1. The van der Waals surface area contributed by atoms with Crippen LogP contribution in [0.3, 0.4) is 0 Å². The number of hydrogen-bond acceptors (Lipinski definition) is 4. The van der Waals surface area contributed by atoms with Gasteiger partial charge in [0.1, 0.15) is 11.0 Å². The van der Waals surface area contributed by atoms with E-state index in [1.54, 1.807) is 6.20 Å². The first-order chi connectivity index (χ1) is 10.2. The first-order valence-electron chi connectivity index (χ1n) is 7.40. The summed E-state index contributed by atoms with van der Waals surface area (Å²) in [4.78, 5) is 14.7. The smallest absolute Gasteiger partial charge is 0.284 e. The third kappa shape index (κ3) is 2.85. The molecule has 0 aromatic carbocycles. The third-order valence-electron chi connectivity index (χ3n) is 4.42. The molecule has 0 bridgehead atoms. The summed E-state index contributed by atoms with van der Waals surface area (Å²) in [5, 5.41) is 7.63. The SMILES string of the molecule is C#CCn1ncc(NC2CCN3CCCCC23)c(Br)c1=O. The molecule has 2 saturated heterocycles. The number of piperidine rings is 1. The molecule has 2 atom stereocenters. The monoisotopic (exact) mass is 350 g/mol. The van der Waals surface area contributed by atoms with Gasteiger partial charge >= 0.3 is 0 Å². The fraction of sp³-hybridized carbons (Fsp3) is 0.600. The Morgan fingerprint density at radius 3 is 3.10 bits per heavy atom. The van der Waals surface area contributed by atoms with Crippen molar-refractivity contribution < 1.29 is 0 Å². The highest BCUT2D eigenvalue weighted by atomic mass is 79.9. The first kappa shape index (κ1) is 14.6. The van der Waals surface area contributed by atoms with Gasteiger partial charge in [-0.15, -0.1) is 6.42 Å². The Balaban J connectivity index is 1.78. The van der Waals surface area contributed by atoms with Gasteiger partial charge in [0.05, 0.1) is 11.9 Å². The molecule has 0 aliphatic carbocycles. The fourth-order valence-corrected chi connectivity index (χ4v) is 3.80. The highest BCUT2D eigenvalue weighted by Gasteiger charge is 2.35. The minimum Gasteiger partial charge on any atom is -0.378 e. The van der Waals surface area contributed by atoms with Crippen LogP contribution in [-0.4, -0.2) is 39.9 Å². The third-order valence-corrected chi connectivity index (χ3v) is 5.19. The molecule has 112 valence electrons. The summed E-state index contributed by atoms with van der Waals surface area (Å²) in [5.41, 5.74) is 0.585. The number of hydrogen-bond donors (Lipinski definition) is 1. The lowest BCUT2D eigenvalue weighted by atomic mass is 9.99. The van der Waals surface area contributed by atoms with E-state index in [0.29, 0.717) is 16.6 Å². The van der Waals surface area contributed by atoms with Gasteiger partial charge in [0, 0.05) is 18.6 Å². The van der Waals surface area contributed by atoms with Gasteiger partial charge in [-0.2, -0.15) is 5.10 Å². The van der Waals surface area contributed by atoms with Crippen LogP contribution in [0.25, 0.3) is 0 Å². The summed E-state index contributed by atoms with van der Waals surface area (Å²) < 4.78 is 1.80. The van der Waals surface area contributed by atoms with E-state index in [2.05, 4.69) is 37.2 Å². The van der Waals surface area contributed by atoms with E-state index in [-0.39, 0.29) is 12.1 Å². The average Bonchev–Trinajstić information content (AvgIpc) is 2.90. The van der Waals surface area contributed by atoms with Gasteiger partial charge in [-0.1, -0.05) is 12.3 Å². The Labute approximate surface area is 132 Å². The van der Waals surface area contributed by atoms with Crippen molar-refractivity contribution >= 4 is 21.6 Å². The topological polar surface area (TPSA) is 50.2 Å². The molecule has 1 aromatic rings. The number of nitrogens with zero attached hydrogens (tertiary/aromatic N) is 3. The zero-order valence-corrected chi connectivity index (χ0v) is 13.5. The van der Waals surface area contributed by atoms with Crippen molar-refractivity contribution in [3.05, 3.63) is 21.0 Å². The van der Waals surface area contributed by atoms with E-state index >= 15 is 0 Å². The van der Waals surface area contributed by atoms with Crippen LogP contribution in [0.5, 0.6) is 0 Å². The van der Waals surface area contributed by atoms with Crippen LogP contribution < -0.4 is 10.9 Å². The van der Waals surface area contributed by atoms with Gasteiger partial charge in [-0.3, -0.25) is 9.69 Å². The van der Waals surface area contributed by atoms with Crippen molar-refractivity contribution in [2.45, 2.75) is 44.3 Å². The zero-order chi connectivity index (χ0) is 14.8.